The van der Waals surface area contributed by atoms with Gasteiger partial charge in [-0.3, -0.25) is 47.9 Å². The first-order valence-corrected chi connectivity index (χ1v) is 25.2. The van der Waals surface area contributed by atoms with Gasteiger partial charge in [-0.25, -0.2) is 0 Å². The topological polar surface area (TPSA) is 440 Å². The quantitative estimate of drug-likeness (QED) is 0.0359. The van der Waals surface area contributed by atoms with Gasteiger partial charge < -0.3 is 85.2 Å². The van der Waals surface area contributed by atoms with Crippen LogP contribution in [0.25, 0.3) is 0 Å². The van der Waals surface area contributed by atoms with E-state index < -0.39 is 165 Å². The molecule has 0 spiro atoms. The maximum Gasteiger partial charge on any atom is 0.246 e. The Kier molecular flexibility index (Phi) is 26.9. The number of phenolic OH excluding ortho intramolecular Hbond substituents is 1. The minimum Gasteiger partial charge on any atom is -0.508 e. The number of nitrogens with zero attached hydrogens (tertiary/aromatic N) is 1. The molecule has 0 saturated carbocycles. The predicted octanol–water partition coefficient (Wildman–Crippen LogP) is -5.62. The van der Waals surface area contributed by atoms with Crippen molar-refractivity contribution in [3.63, 3.8) is 0 Å². The van der Waals surface area contributed by atoms with Gasteiger partial charge in [-0.15, -0.1) is 0 Å². The van der Waals surface area contributed by atoms with Gasteiger partial charge in [0.15, 0.2) is 0 Å². The van der Waals surface area contributed by atoms with Gasteiger partial charge in [0, 0.05) is 37.4 Å². The molecule has 1 heterocycles. The van der Waals surface area contributed by atoms with E-state index in [4.69, 9.17) is 22.9 Å². The number of benzene rings is 1. The van der Waals surface area contributed by atoms with Crippen molar-refractivity contribution >= 4 is 86.9 Å². The number of aromatic hydroxyl groups is 1. The number of hydrogen-bond donors (Lipinski definition) is 14. The minimum absolute atomic E-state index is 0.0694. The van der Waals surface area contributed by atoms with Crippen molar-refractivity contribution in [1.29, 1.82) is 0 Å². The summed E-state index contributed by atoms with van der Waals surface area (Å²) in [4.78, 5) is 147. The molecule has 1 fully saturated rings. The van der Waals surface area contributed by atoms with Gasteiger partial charge in [0.1, 0.15) is 42.2 Å². The Balaban J connectivity index is 2.73. The molecule has 0 aliphatic carbocycles. The van der Waals surface area contributed by atoms with Crippen LogP contribution >= 0.6 is 21.6 Å². The second kappa shape index (κ2) is 31.3. The molecule has 10 amide bonds. The van der Waals surface area contributed by atoms with Crippen molar-refractivity contribution in [1.82, 2.24) is 42.1 Å². The SMILES string of the molecule is CCC[C@H](NCC(C=O)N(CC(O)CO)C(=O)[C@@H]1CSSC[C@H](N)C(=O)N[C@@H](Cc2ccc(O)cc2)C(=O)N[C@@H]([C@@H](C)CC)C(=O)N[C@@H](CCC(N)=O)C(=O)N[C@@H](CC(N)=O)C(=O)N1)C(=O)NCC(N)=O. The summed E-state index contributed by atoms with van der Waals surface area (Å²) in [6.07, 6.45) is -2.33. The molecule has 1 aliphatic rings. The normalized spacial score (nSPS) is 22.6. The summed E-state index contributed by atoms with van der Waals surface area (Å²) >= 11 is 0. The van der Waals surface area contributed by atoms with E-state index in [-0.39, 0.29) is 30.1 Å². The first kappa shape index (κ1) is 61.1. The first-order valence-electron chi connectivity index (χ1n) is 22.8. The number of aldehydes is 1. The van der Waals surface area contributed by atoms with Gasteiger partial charge in [-0.1, -0.05) is 67.3 Å². The number of nitrogens with two attached hydrogens (primary N) is 4. The Bertz CT molecular complexity index is 2020. The van der Waals surface area contributed by atoms with Gasteiger partial charge in [-0.05, 0) is 36.5 Å². The standard InChI is InChI=1S/C43H68N12O14S2/c1-4-6-28(38(64)49-16-35(47)62)48-15-24(18-56)55(17-26(59)19-57)43(69)32-21-71-70-20-27(44)37(63)51-30(13-23-7-9-25(58)10-8-23)41(67)54-36(22(3)5-2)42(68)50-29(11-12-33(45)60)39(65)52-31(14-34(46)61)40(66)53-32/h7-10,18,22,24,26-32,36,48,57-59H,4-6,11-17,19-21,44H2,1-3H3,(H2,45,60)(H2,46,61)(H2,47,62)(H,49,64)(H,50,68)(H,51,63)(H,52,65)(H,53,66)(H,54,67)/t22-,24?,26?,27-,28-,29-,30-,31-,32-,36-/m0/s1. The van der Waals surface area contributed by atoms with Gasteiger partial charge in [-0.2, -0.15) is 0 Å². The second-order valence-electron chi connectivity index (χ2n) is 16.8. The van der Waals surface area contributed by atoms with Crippen molar-refractivity contribution in [3.8, 4) is 5.75 Å². The fourth-order valence-corrected chi connectivity index (χ4v) is 9.13. The van der Waals surface area contributed by atoms with Crippen LogP contribution in [0.15, 0.2) is 24.3 Å². The Morgan fingerprint density at radius 2 is 1.44 bits per heavy atom. The molecule has 0 radical (unpaired) electrons. The van der Waals surface area contributed by atoms with Gasteiger partial charge in [0.2, 0.25) is 59.1 Å². The summed E-state index contributed by atoms with van der Waals surface area (Å²) in [5.41, 5.74) is 22.8. The number of carbonyl (C=O) groups is 11. The van der Waals surface area contributed by atoms with Crippen molar-refractivity contribution in [2.45, 2.75) is 120 Å². The third-order valence-electron chi connectivity index (χ3n) is 11.0. The van der Waals surface area contributed by atoms with Crippen LogP contribution in [0.4, 0.5) is 0 Å². The van der Waals surface area contributed by atoms with Crippen LogP contribution in [-0.4, -0.2) is 178 Å². The van der Waals surface area contributed by atoms with Crippen LogP contribution in [-0.2, 0) is 59.2 Å². The summed E-state index contributed by atoms with van der Waals surface area (Å²) in [6.45, 7) is 2.57. The third-order valence-corrected chi connectivity index (χ3v) is 13.5. The molecule has 10 atom stereocenters. The zero-order valence-electron chi connectivity index (χ0n) is 39.8. The molecule has 396 valence electrons. The average molecular weight is 1040 g/mol. The zero-order valence-corrected chi connectivity index (χ0v) is 41.4. The van der Waals surface area contributed by atoms with E-state index in [2.05, 4.69) is 37.2 Å². The van der Waals surface area contributed by atoms with Crippen LogP contribution in [0.2, 0.25) is 0 Å². The smallest absolute Gasteiger partial charge is 0.246 e. The maximum absolute atomic E-state index is 14.6. The number of phenols is 1. The monoisotopic (exact) mass is 1040 g/mol. The average Bonchev–Trinajstić information content (AvgIpc) is 3.32. The Hall–Kier alpha value is -6.07. The van der Waals surface area contributed by atoms with Crippen LogP contribution in [0.5, 0.6) is 5.75 Å². The molecular formula is C43H68N12O14S2. The first-order chi connectivity index (χ1) is 33.5. The van der Waals surface area contributed by atoms with Crippen LogP contribution in [0.1, 0.15) is 64.9 Å². The molecule has 0 bridgehead atoms. The summed E-state index contributed by atoms with van der Waals surface area (Å²) in [6, 6.07) is -5.99. The van der Waals surface area contributed by atoms with E-state index >= 15 is 0 Å². The number of primary amides is 3. The molecule has 1 aliphatic heterocycles. The Labute approximate surface area is 418 Å². The molecular weight excluding hydrogens is 973 g/mol. The largest absolute Gasteiger partial charge is 0.508 e. The zero-order chi connectivity index (χ0) is 53.4. The maximum atomic E-state index is 14.6. The van der Waals surface area contributed by atoms with E-state index in [0.29, 0.717) is 24.7 Å². The van der Waals surface area contributed by atoms with E-state index in [1.807, 2.05) is 0 Å². The molecule has 71 heavy (non-hydrogen) atoms. The number of nitrogens with one attached hydrogen (secondary N) is 7. The van der Waals surface area contributed by atoms with Crippen molar-refractivity contribution in [3.05, 3.63) is 29.8 Å². The lowest BCUT2D eigenvalue weighted by Crippen LogP contribution is -2.62. The van der Waals surface area contributed by atoms with E-state index in [9.17, 15) is 68.1 Å². The Morgan fingerprint density at radius 3 is 2.01 bits per heavy atom. The molecule has 1 aromatic rings. The molecule has 1 aromatic carbocycles. The number of amides is 10. The molecule has 18 N–H and O–H groups in total. The molecule has 2 unspecified atom stereocenters. The van der Waals surface area contributed by atoms with Crippen molar-refractivity contribution in [2.24, 2.45) is 28.9 Å². The number of hydrogen-bond acceptors (Lipinski definition) is 18. The molecule has 28 heteroatoms. The van der Waals surface area contributed by atoms with Crippen LogP contribution in [0.3, 0.4) is 0 Å². The van der Waals surface area contributed by atoms with Crippen molar-refractivity contribution in [2.75, 3.05) is 37.7 Å². The number of aliphatic hydroxyl groups excluding tert-OH is 2. The summed E-state index contributed by atoms with van der Waals surface area (Å²) < 4.78 is 0. The van der Waals surface area contributed by atoms with Crippen LogP contribution in [0, 0.1) is 5.92 Å². The predicted molar refractivity (Wildman–Crippen MR) is 260 cm³/mol. The molecule has 1 saturated heterocycles. The van der Waals surface area contributed by atoms with Gasteiger partial charge in [0.05, 0.1) is 43.8 Å². The molecule has 0 aromatic heterocycles. The lowest BCUT2D eigenvalue weighted by molar-refractivity contribution is -0.142. The number of aliphatic hydroxyl groups is 2. The highest BCUT2D eigenvalue weighted by Crippen LogP contribution is 2.24. The number of rotatable bonds is 23. The van der Waals surface area contributed by atoms with E-state index in [1.54, 1.807) is 20.8 Å². The fraction of sp³-hybridized carbons (Fsp3) is 0.605. The highest BCUT2D eigenvalue weighted by atomic mass is 33.1. The van der Waals surface area contributed by atoms with E-state index in [1.165, 1.54) is 24.3 Å². The molecule has 26 nitrogen and oxygen atoms in total. The fourth-order valence-electron chi connectivity index (χ4n) is 6.85. The lowest BCUT2D eigenvalue weighted by atomic mass is 9.96. The summed E-state index contributed by atoms with van der Waals surface area (Å²) in [7, 11) is 1.84. The van der Waals surface area contributed by atoms with E-state index in [0.717, 1.165) is 26.5 Å². The van der Waals surface area contributed by atoms with Crippen molar-refractivity contribution < 1.29 is 68.1 Å². The summed E-state index contributed by atoms with van der Waals surface area (Å²) in [5, 5.41) is 48.0. The minimum atomic E-state index is -1.86. The van der Waals surface area contributed by atoms with Crippen LogP contribution < -0.4 is 60.2 Å². The highest BCUT2D eigenvalue weighted by Gasteiger charge is 2.38. The number of carbonyl (C=O) groups excluding carboxylic acids is 11. The van der Waals surface area contributed by atoms with Gasteiger partial charge >= 0.3 is 0 Å². The highest BCUT2D eigenvalue weighted by molar-refractivity contribution is 8.76. The molecule has 2 rings (SSSR count). The third kappa shape index (κ3) is 21.4. The summed E-state index contributed by atoms with van der Waals surface area (Å²) in [5.74, 6) is -10.7. The second-order valence-corrected chi connectivity index (χ2v) is 19.4. The Morgan fingerprint density at radius 1 is 0.831 bits per heavy atom. The lowest BCUT2D eigenvalue weighted by Gasteiger charge is -2.34. The van der Waals surface area contributed by atoms with Gasteiger partial charge in [0.25, 0.3) is 0 Å².